The highest BCUT2D eigenvalue weighted by atomic mass is 16.2. The van der Waals surface area contributed by atoms with E-state index in [1.54, 1.807) is 6.20 Å². The molecule has 2 N–H and O–H groups in total. The van der Waals surface area contributed by atoms with Crippen LogP contribution in [0.15, 0.2) is 47.6 Å². The lowest BCUT2D eigenvalue weighted by atomic mass is 10.0. The van der Waals surface area contributed by atoms with Crippen molar-refractivity contribution in [2.45, 2.75) is 37.6 Å². The van der Waals surface area contributed by atoms with Gasteiger partial charge in [-0.15, -0.1) is 0 Å². The lowest BCUT2D eigenvalue weighted by Crippen LogP contribution is -2.40. The van der Waals surface area contributed by atoms with Crippen molar-refractivity contribution in [1.82, 2.24) is 14.8 Å². The normalized spacial score (nSPS) is 23.7. The highest BCUT2D eigenvalue weighted by Gasteiger charge is 2.57. The van der Waals surface area contributed by atoms with Crippen LogP contribution in [-0.4, -0.2) is 57.6 Å². The Morgan fingerprint density at radius 2 is 1.81 bits per heavy atom. The summed E-state index contributed by atoms with van der Waals surface area (Å²) < 4.78 is 0. The van der Waals surface area contributed by atoms with Gasteiger partial charge in [-0.05, 0) is 61.3 Å². The van der Waals surface area contributed by atoms with Crippen LogP contribution in [0, 0.1) is 11.8 Å². The minimum Gasteiger partial charge on any atom is -0.384 e. The van der Waals surface area contributed by atoms with Crippen molar-refractivity contribution in [2.24, 2.45) is 16.8 Å². The first-order valence-corrected chi connectivity index (χ1v) is 11.6. The summed E-state index contributed by atoms with van der Waals surface area (Å²) in [6.45, 7) is 2.20. The van der Waals surface area contributed by atoms with Crippen molar-refractivity contribution >= 4 is 23.5 Å². The van der Waals surface area contributed by atoms with Gasteiger partial charge in [-0.3, -0.25) is 19.5 Å². The Labute approximate surface area is 187 Å². The predicted molar refractivity (Wildman–Crippen MR) is 122 cm³/mol. The molecule has 2 aromatic rings. The molecule has 2 aliphatic carbocycles. The molecule has 3 fully saturated rings. The molecule has 2 amide bonds. The molecule has 1 aromatic heterocycles. The molecule has 1 aromatic carbocycles. The second-order valence-corrected chi connectivity index (χ2v) is 9.64. The van der Waals surface area contributed by atoms with Gasteiger partial charge in [0.2, 0.25) is 5.91 Å². The van der Waals surface area contributed by atoms with Crippen molar-refractivity contribution in [3.63, 3.8) is 0 Å². The molecule has 0 bridgehead atoms. The molecule has 7 heteroatoms. The molecule has 3 heterocycles. The number of carbonyl (C=O) groups is 2. The maximum Gasteiger partial charge on any atom is 0.256 e. The van der Waals surface area contributed by atoms with Crippen molar-refractivity contribution in [3.05, 3.63) is 48.2 Å². The van der Waals surface area contributed by atoms with Crippen LogP contribution >= 0.6 is 0 Å². The smallest absolute Gasteiger partial charge is 0.256 e. The van der Waals surface area contributed by atoms with Gasteiger partial charge in [0.15, 0.2) is 0 Å². The second-order valence-electron chi connectivity index (χ2n) is 9.64. The summed E-state index contributed by atoms with van der Waals surface area (Å²) in [5, 5.41) is 0. The number of aliphatic imine (C=N–C) groups is 1. The molecular weight excluding hydrogens is 402 g/mol. The summed E-state index contributed by atoms with van der Waals surface area (Å²) in [6.07, 6.45) is 6.38. The van der Waals surface area contributed by atoms with Crippen LogP contribution in [0.5, 0.6) is 0 Å². The highest BCUT2D eigenvalue weighted by Crippen LogP contribution is 2.46. The number of likely N-dealkylation sites (tertiary alicyclic amines) is 1. The van der Waals surface area contributed by atoms with Gasteiger partial charge in [0, 0.05) is 37.3 Å². The van der Waals surface area contributed by atoms with Crippen LogP contribution in [0.25, 0.3) is 11.1 Å². The topological polar surface area (TPSA) is 91.9 Å². The van der Waals surface area contributed by atoms with E-state index in [0.717, 1.165) is 67.7 Å². The van der Waals surface area contributed by atoms with E-state index in [4.69, 9.17) is 10.7 Å². The number of rotatable bonds is 5. The number of anilines is 1. The number of nitrogen functional groups attached to an aromatic ring is 1. The largest absolute Gasteiger partial charge is 0.384 e. The maximum absolute atomic E-state index is 13.2. The molecule has 4 aliphatic rings. The number of amides is 2. The molecule has 32 heavy (non-hydrogen) atoms. The van der Waals surface area contributed by atoms with E-state index in [2.05, 4.69) is 4.98 Å². The summed E-state index contributed by atoms with van der Waals surface area (Å²) in [7, 11) is 0. The van der Waals surface area contributed by atoms with E-state index in [0.29, 0.717) is 24.2 Å². The van der Waals surface area contributed by atoms with Gasteiger partial charge in [0.05, 0.1) is 0 Å². The third-order valence-corrected chi connectivity index (χ3v) is 7.16. The first-order chi connectivity index (χ1) is 15.5. The van der Waals surface area contributed by atoms with Gasteiger partial charge >= 0.3 is 0 Å². The van der Waals surface area contributed by atoms with Crippen LogP contribution in [0.4, 0.5) is 5.82 Å². The van der Waals surface area contributed by atoms with E-state index < -0.39 is 5.54 Å². The Kier molecular flexibility index (Phi) is 4.35. The van der Waals surface area contributed by atoms with Crippen molar-refractivity contribution in [1.29, 1.82) is 0 Å². The SMILES string of the molecule is Nc1cc(-c2ccc(C3=NC4(CC4)C(=O)N3CC3CCN(C(=O)C4CC4)C3)cc2)ccn1. The van der Waals surface area contributed by atoms with Gasteiger partial charge in [0.1, 0.15) is 17.2 Å². The van der Waals surface area contributed by atoms with Crippen LogP contribution in [-0.2, 0) is 9.59 Å². The quantitative estimate of drug-likeness (QED) is 0.791. The zero-order valence-corrected chi connectivity index (χ0v) is 18.0. The average molecular weight is 430 g/mol. The first-order valence-electron chi connectivity index (χ1n) is 11.6. The number of nitrogens with two attached hydrogens (primary N) is 1. The van der Waals surface area contributed by atoms with E-state index in [9.17, 15) is 9.59 Å². The van der Waals surface area contributed by atoms with Crippen molar-refractivity contribution in [3.8, 4) is 11.1 Å². The molecule has 0 radical (unpaired) electrons. The van der Waals surface area contributed by atoms with Crippen LogP contribution in [0.3, 0.4) is 0 Å². The summed E-state index contributed by atoms with van der Waals surface area (Å²) in [6, 6.07) is 11.9. The van der Waals surface area contributed by atoms with E-state index in [1.807, 2.05) is 46.2 Å². The van der Waals surface area contributed by atoms with Gasteiger partial charge in [-0.1, -0.05) is 24.3 Å². The zero-order valence-electron chi connectivity index (χ0n) is 18.0. The predicted octanol–water partition coefficient (Wildman–Crippen LogP) is 2.71. The zero-order chi connectivity index (χ0) is 21.9. The van der Waals surface area contributed by atoms with E-state index in [1.165, 1.54) is 0 Å². The van der Waals surface area contributed by atoms with Crippen LogP contribution < -0.4 is 5.73 Å². The monoisotopic (exact) mass is 429 g/mol. The fourth-order valence-corrected chi connectivity index (χ4v) is 4.96. The summed E-state index contributed by atoms with van der Waals surface area (Å²) in [5.41, 5.74) is 8.30. The van der Waals surface area contributed by atoms with Gasteiger partial charge in [0.25, 0.3) is 5.91 Å². The third-order valence-electron chi connectivity index (χ3n) is 7.16. The summed E-state index contributed by atoms with van der Waals surface area (Å²) in [4.78, 5) is 38.5. The molecule has 1 unspecified atom stereocenters. The third kappa shape index (κ3) is 3.36. The van der Waals surface area contributed by atoms with Gasteiger partial charge < -0.3 is 10.6 Å². The molecule has 7 nitrogen and oxygen atoms in total. The Morgan fingerprint density at radius 1 is 1.06 bits per heavy atom. The Balaban J connectivity index is 1.21. The molecule has 1 atom stereocenters. The minimum absolute atomic E-state index is 0.130. The Morgan fingerprint density at radius 3 is 2.50 bits per heavy atom. The highest BCUT2D eigenvalue weighted by molar-refractivity contribution is 6.16. The number of hydrogen-bond acceptors (Lipinski definition) is 5. The number of carbonyl (C=O) groups excluding carboxylic acids is 2. The average Bonchev–Trinajstić information content (AvgIpc) is 3.72. The standard InChI is InChI=1S/C25H27N5O2/c26-21-13-20(7-11-27-21)17-1-3-18(4-2-17)22-28-25(9-10-25)24(32)30(22)15-16-8-12-29(14-16)23(31)19-5-6-19/h1-4,7,11,13,16,19H,5-6,8-10,12,14-15H2,(H2,26,27). The number of nitrogens with zero attached hydrogens (tertiary/aromatic N) is 4. The molecule has 2 saturated carbocycles. The van der Waals surface area contributed by atoms with E-state index >= 15 is 0 Å². The van der Waals surface area contributed by atoms with Crippen LogP contribution in [0.2, 0.25) is 0 Å². The lowest BCUT2D eigenvalue weighted by molar-refractivity contribution is -0.131. The van der Waals surface area contributed by atoms with Gasteiger partial charge in [-0.25, -0.2) is 4.98 Å². The second kappa shape index (κ2) is 7.15. The molecule has 1 spiro atoms. The Hall–Kier alpha value is -3.22. The molecule has 2 aliphatic heterocycles. The summed E-state index contributed by atoms with van der Waals surface area (Å²) >= 11 is 0. The minimum atomic E-state index is -0.532. The fourth-order valence-electron chi connectivity index (χ4n) is 4.96. The number of aromatic nitrogens is 1. The summed E-state index contributed by atoms with van der Waals surface area (Å²) in [5.74, 6) is 2.26. The van der Waals surface area contributed by atoms with Crippen molar-refractivity contribution in [2.75, 3.05) is 25.4 Å². The fraction of sp³-hybridized carbons (Fsp3) is 0.440. The first kappa shape index (κ1) is 19.5. The lowest BCUT2D eigenvalue weighted by Gasteiger charge is -2.23. The number of amidine groups is 1. The number of hydrogen-bond donors (Lipinski definition) is 1. The molecule has 164 valence electrons. The maximum atomic E-state index is 13.2. The van der Waals surface area contributed by atoms with Crippen LogP contribution in [0.1, 0.15) is 37.7 Å². The molecule has 6 rings (SSSR count). The molecular formula is C25H27N5O2. The van der Waals surface area contributed by atoms with Gasteiger partial charge in [-0.2, -0.15) is 0 Å². The van der Waals surface area contributed by atoms with E-state index in [-0.39, 0.29) is 11.8 Å². The molecule has 1 saturated heterocycles. The number of benzene rings is 1. The Bertz CT molecular complexity index is 1120. The van der Waals surface area contributed by atoms with Crippen molar-refractivity contribution < 1.29 is 9.59 Å². The number of pyridine rings is 1.